The van der Waals surface area contributed by atoms with E-state index in [0.717, 1.165) is 47.7 Å². The fraction of sp³-hybridized carbons (Fsp3) is 0.379. The second-order valence-corrected chi connectivity index (χ2v) is 10.0. The number of rotatable bonds is 5. The first-order chi connectivity index (χ1) is 17.4. The predicted octanol–water partition coefficient (Wildman–Crippen LogP) is 6.16. The number of alkyl halides is 3. The van der Waals surface area contributed by atoms with Crippen LogP contribution in [0.15, 0.2) is 54.7 Å². The Balaban J connectivity index is 1.77. The monoisotopic (exact) mass is 511 g/mol. The van der Waals surface area contributed by atoms with Crippen molar-refractivity contribution < 1.29 is 22.7 Å². The molecule has 0 aliphatic carbocycles. The molecule has 0 atom stereocenters. The van der Waals surface area contributed by atoms with E-state index in [4.69, 9.17) is 4.74 Å². The Hall–Kier alpha value is -3.39. The summed E-state index contributed by atoms with van der Waals surface area (Å²) >= 11 is 0. The lowest BCUT2D eigenvalue weighted by molar-refractivity contribution is -0.137. The summed E-state index contributed by atoms with van der Waals surface area (Å²) in [4.78, 5) is 22.2. The molecule has 2 aromatic carbocycles. The molecule has 0 spiro atoms. The lowest BCUT2D eigenvalue weighted by Crippen LogP contribution is -2.42. The van der Waals surface area contributed by atoms with E-state index in [-0.39, 0.29) is 5.91 Å². The van der Waals surface area contributed by atoms with Crippen LogP contribution in [0.5, 0.6) is 0 Å². The molecule has 0 bridgehead atoms. The number of hydrogen-bond acceptors (Lipinski definition) is 4. The van der Waals surface area contributed by atoms with Gasteiger partial charge in [-0.2, -0.15) is 13.2 Å². The normalized spacial score (nSPS) is 14.5. The van der Waals surface area contributed by atoms with E-state index in [9.17, 15) is 18.0 Å². The van der Waals surface area contributed by atoms with E-state index in [1.54, 1.807) is 40.1 Å². The molecule has 1 fully saturated rings. The summed E-state index contributed by atoms with van der Waals surface area (Å²) in [6, 6.07) is 13.7. The van der Waals surface area contributed by atoms with Crippen molar-refractivity contribution in [3.8, 4) is 11.1 Å². The van der Waals surface area contributed by atoms with Crippen LogP contribution < -0.4 is 9.80 Å². The Labute approximate surface area is 215 Å². The van der Waals surface area contributed by atoms with Crippen LogP contribution in [0.2, 0.25) is 0 Å². The summed E-state index contributed by atoms with van der Waals surface area (Å²) in [6.45, 7) is 9.59. The quantitative estimate of drug-likeness (QED) is 0.412. The molecule has 1 amide bonds. The number of aryl methyl sites for hydroxylation is 2. The Bertz CT molecular complexity index is 1300. The minimum absolute atomic E-state index is 0.312. The third kappa shape index (κ3) is 5.49. The number of nitrogens with zero attached hydrogens (tertiary/aromatic N) is 3. The number of morpholine rings is 1. The molecular formula is C29H32F3N3O2. The molecular weight excluding hydrogens is 479 g/mol. The number of ether oxygens (including phenoxy) is 1. The highest BCUT2D eigenvalue weighted by Gasteiger charge is 2.37. The lowest BCUT2D eigenvalue weighted by atomic mass is 9.81. The molecule has 0 unspecified atom stereocenters. The van der Waals surface area contributed by atoms with Crippen molar-refractivity contribution in [1.29, 1.82) is 0 Å². The van der Waals surface area contributed by atoms with Gasteiger partial charge in [-0.05, 0) is 62.6 Å². The summed E-state index contributed by atoms with van der Waals surface area (Å²) in [5.74, 6) is 0.459. The number of hydrogen-bond donors (Lipinski definition) is 0. The maximum atomic E-state index is 13.9. The van der Waals surface area contributed by atoms with Crippen LogP contribution in [0.25, 0.3) is 11.1 Å². The average molecular weight is 512 g/mol. The topological polar surface area (TPSA) is 45.7 Å². The maximum absolute atomic E-state index is 13.9. The Morgan fingerprint density at radius 2 is 1.62 bits per heavy atom. The third-order valence-corrected chi connectivity index (χ3v) is 6.97. The van der Waals surface area contributed by atoms with Crippen LogP contribution in [0, 0.1) is 13.8 Å². The fourth-order valence-corrected chi connectivity index (χ4v) is 4.72. The number of amides is 1. The molecule has 0 saturated carbocycles. The average Bonchev–Trinajstić information content (AvgIpc) is 2.87. The van der Waals surface area contributed by atoms with Gasteiger partial charge in [-0.25, -0.2) is 4.98 Å². The number of halogens is 3. The van der Waals surface area contributed by atoms with Gasteiger partial charge in [0.15, 0.2) is 0 Å². The largest absolute Gasteiger partial charge is 0.416 e. The standard InChI is InChI=1S/C29H32F3N3O2/c1-19-14-21(16-22(15-19)29(30,31)32)28(3,4)27(36)34(5)25-18-33-26(35-10-12-37-13-11-35)17-24(25)23-9-7-6-8-20(23)2/h6-9,14-18H,10-13H2,1-5H3. The highest BCUT2D eigenvalue weighted by Crippen LogP contribution is 2.38. The van der Waals surface area contributed by atoms with Gasteiger partial charge >= 0.3 is 6.18 Å². The second kappa shape index (κ2) is 10.2. The van der Waals surface area contributed by atoms with Crippen LogP contribution in [-0.4, -0.2) is 44.2 Å². The van der Waals surface area contributed by atoms with Crippen molar-refractivity contribution in [2.75, 3.05) is 43.2 Å². The first-order valence-corrected chi connectivity index (χ1v) is 12.3. The van der Waals surface area contributed by atoms with Gasteiger partial charge < -0.3 is 14.5 Å². The Kier molecular flexibility index (Phi) is 7.33. The van der Waals surface area contributed by atoms with Crippen LogP contribution >= 0.6 is 0 Å². The summed E-state index contributed by atoms with van der Waals surface area (Å²) in [6.07, 6.45) is -2.82. The van der Waals surface area contributed by atoms with Crippen molar-refractivity contribution in [3.05, 3.63) is 77.0 Å². The third-order valence-electron chi connectivity index (χ3n) is 6.97. The molecule has 37 heavy (non-hydrogen) atoms. The number of anilines is 2. The van der Waals surface area contributed by atoms with E-state index in [1.807, 2.05) is 37.3 Å². The molecule has 2 heterocycles. The molecule has 5 nitrogen and oxygen atoms in total. The van der Waals surface area contributed by atoms with Crippen molar-refractivity contribution in [1.82, 2.24) is 4.98 Å². The van der Waals surface area contributed by atoms with E-state index in [0.29, 0.717) is 30.0 Å². The molecule has 4 rings (SSSR count). The van der Waals surface area contributed by atoms with Crippen molar-refractivity contribution in [3.63, 3.8) is 0 Å². The zero-order chi connectivity index (χ0) is 27.0. The Morgan fingerprint density at radius 1 is 0.973 bits per heavy atom. The lowest BCUT2D eigenvalue weighted by Gasteiger charge is -2.33. The van der Waals surface area contributed by atoms with Gasteiger partial charge in [0, 0.05) is 25.7 Å². The first-order valence-electron chi connectivity index (χ1n) is 12.3. The molecule has 1 saturated heterocycles. The Morgan fingerprint density at radius 3 is 2.27 bits per heavy atom. The number of carbonyl (C=O) groups excluding carboxylic acids is 1. The summed E-state index contributed by atoms with van der Waals surface area (Å²) in [7, 11) is 1.65. The first kappa shape index (κ1) is 26.7. The van der Waals surface area contributed by atoms with Gasteiger partial charge in [-0.15, -0.1) is 0 Å². The van der Waals surface area contributed by atoms with Crippen LogP contribution in [0.1, 0.15) is 36.1 Å². The van der Waals surface area contributed by atoms with Crippen molar-refractivity contribution >= 4 is 17.4 Å². The number of carbonyl (C=O) groups is 1. The maximum Gasteiger partial charge on any atom is 0.416 e. The van der Waals surface area contributed by atoms with Crippen LogP contribution in [0.4, 0.5) is 24.7 Å². The molecule has 0 N–H and O–H groups in total. The number of pyridine rings is 1. The van der Waals surface area contributed by atoms with Gasteiger partial charge in [0.25, 0.3) is 0 Å². The van der Waals surface area contributed by atoms with E-state index >= 15 is 0 Å². The van der Waals surface area contributed by atoms with E-state index in [2.05, 4.69) is 9.88 Å². The molecule has 1 aromatic heterocycles. The zero-order valence-electron chi connectivity index (χ0n) is 21.8. The summed E-state index contributed by atoms with van der Waals surface area (Å²) in [5.41, 5.74) is 2.21. The van der Waals surface area contributed by atoms with Crippen LogP contribution in [0.3, 0.4) is 0 Å². The highest BCUT2D eigenvalue weighted by molar-refractivity contribution is 6.03. The van der Waals surface area contributed by atoms with Crippen molar-refractivity contribution in [2.24, 2.45) is 0 Å². The SMILES string of the molecule is Cc1cc(C(F)(F)F)cc(C(C)(C)C(=O)N(C)c2cnc(N3CCOCC3)cc2-c2ccccc2C)c1. The van der Waals surface area contributed by atoms with Gasteiger partial charge in [0.05, 0.1) is 36.1 Å². The molecule has 8 heteroatoms. The zero-order valence-corrected chi connectivity index (χ0v) is 21.8. The van der Waals surface area contributed by atoms with Gasteiger partial charge in [-0.1, -0.05) is 35.9 Å². The molecule has 1 aliphatic heterocycles. The summed E-state index contributed by atoms with van der Waals surface area (Å²) in [5, 5.41) is 0. The smallest absolute Gasteiger partial charge is 0.378 e. The molecule has 0 radical (unpaired) electrons. The van der Waals surface area contributed by atoms with Crippen LogP contribution in [-0.2, 0) is 21.1 Å². The minimum Gasteiger partial charge on any atom is -0.378 e. The van der Waals surface area contributed by atoms with E-state index < -0.39 is 17.2 Å². The van der Waals surface area contributed by atoms with Gasteiger partial charge in [0.2, 0.25) is 5.91 Å². The van der Waals surface area contributed by atoms with E-state index in [1.165, 1.54) is 4.90 Å². The van der Waals surface area contributed by atoms with Gasteiger partial charge in [-0.3, -0.25) is 4.79 Å². The highest BCUT2D eigenvalue weighted by atomic mass is 19.4. The molecule has 1 aliphatic rings. The number of aromatic nitrogens is 1. The number of benzene rings is 2. The summed E-state index contributed by atoms with van der Waals surface area (Å²) < 4.78 is 46.0. The van der Waals surface area contributed by atoms with Crippen molar-refractivity contribution in [2.45, 2.75) is 39.3 Å². The molecule has 3 aromatic rings. The van der Waals surface area contributed by atoms with Gasteiger partial charge in [0.1, 0.15) is 5.82 Å². The molecule has 196 valence electrons. The second-order valence-electron chi connectivity index (χ2n) is 10.0. The number of likely N-dealkylation sites (N-methyl/N-ethyl adjacent to an activating group) is 1. The predicted molar refractivity (Wildman–Crippen MR) is 140 cm³/mol. The fourth-order valence-electron chi connectivity index (χ4n) is 4.72. The minimum atomic E-state index is -4.50.